The second-order valence-corrected chi connectivity index (χ2v) is 7.93. The van der Waals surface area contributed by atoms with E-state index in [1.807, 2.05) is 13.0 Å². The van der Waals surface area contributed by atoms with Crippen molar-refractivity contribution < 1.29 is 9.53 Å². The summed E-state index contributed by atoms with van der Waals surface area (Å²) >= 11 is 0. The molecule has 1 atom stereocenters. The van der Waals surface area contributed by atoms with Gasteiger partial charge in [0, 0.05) is 37.4 Å². The van der Waals surface area contributed by atoms with E-state index in [1.165, 1.54) is 22.3 Å². The van der Waals surface area contributed by atoms with Crippen molar-refractivity contribution in [2.45, 2.75) is 18.9 Å². The molecule has 1 N–H and O–H groups in total. The van der Waals surface area contributed by atoms with E-state index in [2.05, 4.69) is 64.9 Å². The van der Waals surface area contributed by atoms with Crippen molar-refractivity contribution >= 4 is 6.09 Å². The minimum atomic E-state index is -0.245. The Labute approximate surface area is 176 Å². The summed E-state index contributed by atoms with van der Waals surface area (Å²) in [5.74, 6) is 0.0839. The number of carbonyl (C=O) groups excluding carboxylic acids is 1. The van der Waals surface area contributed by atoms with Crippen LogP contribution >= 0.6 is 0 Å². The molecule has 5 heteroatoms. The maximum Gasteiger partial charge on any atom is 0.409 e. The minimum Gasteiger partial charge on any atom is -0.448 e. The summed E-state index contributed by atoms with van der Waals surface area (Å²) in [6.45, 7) is 4.33. The van der Waals surface area contributed by atoms with Crippen molar-refractivity contribution in [3.05, 3.63) is 89.2 Å². The van der Waals surface area contributed by atoms with Gasteiger partial charge in [0.25, 0.3) is 0 Å². The van der Waals surface area contributed by atoms with Gasteiger partial charge in [-0.1, -0.05) is 54.6 Å². The topological polar surface area (TPSA) is 54.5 Å². The van der Waals surface area contributed by atoms with E-state index in [0.717, 1.165) is 17.8 Å². The number of pyridine rings is 1. The van der Waals surface area contributed by atoms with Crippen LogP contribution in [-0.4, -0.2) is 42.2 Å². The Morgan fingerprint density at radius 3 is 2.40 bits per heavy atom. The quantitative estimate of drug-likeness (QED) is 0.714. The summed E-state index contributed by atoms with van der Waals surface area (Å²) in [4.78, 5) is 19.1. The van der Waals surface area contributed by atoms with Gasteiger partial charge in [-0.3, -0.25) is 4.98 Å². The molecule has 5 nitrogen and oxygen atoms in total. The summed E-state index contributed by atoms with van der Waals surface area (Å²) in [7, 11) is 0. The van der Waals surface area contributed by atoms with Crippen molar-refractivity contribution in [2.24, 2.45) is 0 Å². The van der Waals surface area contributed by atoms with Gasteiger partial charge in [-0.15, -0.1) is 0 Å². The normalized spacial score (nSPS) is 18.0. The van der Waals surface area contributed by atoms with Crippen LogP contribution in [0.1, 0.15) is 34.3 Å². The molecule has 1 saturated heterocycles. The van der Waals surface area contributed by atoms with E-state index >= 15 is 0 Å². The number of hydrogen-bond donors (Lipinski definition) is 1. The number of carbonyl (C=O) groups is 1. The van der Waals surface area contributed by atoms with Gasteiger partial charge in [0.1, 0.15) is 6.61 Å². The van der Waals surface area contributed by atoms with E-state index in [-0.39, 0.29) is 18.1 Å². The van der Waals surface area contributed by atoms with E-state index in [4.69, 9.17) is 4.74 Å². The maximum absolute atomic E-state index is 12.9. The average Bonchev–Trinajstić information content (AvgIpc) is 3.12. The third kappa shape index (κ3) is 3.35. The third-order valence-electron chi connectivity index (χ3n) is 6.19. The highest BCUT2D eigenvalue weighted by atomic mass is 16.6. The van der Waals surface area contributed by atoms with Crippen LogP contribution in [0.4, 0.5) is 4.79 Å². The highest BCUT2D eigenvalue weighted by Gasteiger charge is 2.31. The summed E-state index contributed by atoms with van der Waals surface area (Å²) in [6, 6.07) is 20.9. The van der Waals surface area contributed by atoms with Crippen LogP contribution in [0, 0.1) is 6.92 Å². The minimum absolute atomic E-state index is 0.0768. The number of rotatable bonds is 3. The monoisotopic (exact) mass is 399 g/mol. The Balaban J connectivity index is 1.29. The molecule has 0 saturated carbocycles. The molecule has 1 unspecified atom stereocenters. The standard InChI is InChI=1S/C25H25N3O2/c1-17-18(11-6-12-26-17)24-15-28(14-13-27-24)25(29)30-16-23-21-9-4-2-7-19(21)20-8-3-5-10-22(20)23/h2-12,23-24,27H,13-16H2,1H3. The van der Waals surface area contributed by atoms with Gasteiger partial charge in [-0.25, -0.2) is 4.79 Å². The lowest BCUT2D eigenvalue weighted by molar-refractivity contribution is 0.0882. The van der Waals surface area contributed by atoms with Gasteiger partial charge in [-0.2, -0.15) is 0 Å². The zero-order valence-corrected chi connectivity index (χ0v) is 17.0. The fraction of sp³-hybridized carbons (Fsp3) is 0.280. The molecule has 0 spiro atoms. The lowest BCUT2D eigenvalue weighted by atomic mass is 9.98. The second kappa shape index (κ2) is 7.92. The third-order valence-corrected chi connectivity index (χ3v) is 6.19. The Morgan fingerprint density at radius 2 is 1.70 bits per heavy atom. The lowest BCUT2D eigenvalue weighted by Gasteiger charge is -2.34. The van der Waals surface area contributed by atoms with Gasteiger partial charge < -0.3 is 15.0 Å². The van der Waals surface area contributed by atoms with Crippen molar-refractivity contribution in [2.75, 3.05) is 26.2 Å². The maximum atomic E-state index is 12.9. The van der Waals surface area contributed by atoms with Gasteiger partial charge in [0.05, 0.1) is 6.04 Å². The van der Waals surface area contributed by atoms with E-state index in [0.29, 0.717) is 19.7 Å². The highest BCUT2D eigenvalue weighted by molar-refractivity contribution is 5.79. The number of nitrogens with zero attached hydrogens (tertiary/aromatic N) is 2. The first-order chi connectivity index (χ1) is 14.7. The zero-order chi connectivity index (χ0) is 20.5. The second-order valence-electron chi connectivity index (χ2n) is 7.93. The molecule has 1 aromatic heterocycles. The molecule has 30 heavy (non-hydrogen) atoms. The number of fused-ring (bicyclic) bond motifs is 3. The number of ether oxygens (including phenoxy) is 1. The fourth-order valence-electron chi connectivity index (χ4n) is 4.67. The Bertz CT molecular complexity index is 1040. The summed E-state index contributed by atoms with van der Waals surface area (Å²) in [5, 5.41) is 3.49. The number of benzene rings is 2. The molecule has 1 aliphatic carbocycles. The number of hydrogen-bond acceptors (Lipinski definition) is 4. The molecule has 2 aromatic carbocycles. The molecule has 2 aliphatic rings. The molecule has 1 aliphatic heterocycles. The van der Waals surface area contributed by atoms with Gasteiger partial charge in [0.2, 0.25) is 0 Å². The zero-order valence-electron chi connectivity index (χ0n) is 17.0. The van der Waals surface area contributed by atoms with Crippen LogP contribution in [0.5, 0.6) is 0 Å². The molecule has 1 amide bonds. The molecular weight excluding hydrogens is 374 g/mol. The predicted octanol–water partition coefficient (Wildman–Crippen LogP) is 4.29. The summed E-state index contributed by atoms with van der Waals surface area (Å²) < 4.78 is 5.84. The molecule has 3 aromatic rings. The molecule has 5 rings (SSSR count). The molecule has 0 radical (unpaired) electrons. The smallest absolute Gasteiger partial charge is 0.409 e. The van der Waals surface area contributed by atoms with Crippen molar-refractivity contribution in [3.8, 4) is 11.1 Å². The molecule has 0 bridgehead atoms. The number of aromatic nitrogens is 1. The first-order valence-electron chi connectivity index (χ1n) is 10.5. The van der Waals surface area contributed by atoms with Crippen molar-refractivity contribution in [1.82, 2.24) is 15.2 Å². The lowest BCUT2D eigenvalue weighted by Crippen LogP contribution is -2.48. The van der Waals surface area contributed by atoms with Gasteiger partial charge in [0.15, 0.2) is 0 Å². The molecule has 2 heterocycles. The molecule has 152 valence electrons. The van der Waals surface area contributed by atoms with Crippen LogP contribution in [0.3, 0.4) is 0 Å². The first kappa shape index (κ1) is 18.8. The van der Waals surface area contributed by atoms with Crippen molar-refractivity contribution in [1.29, 1.82) is 0 Å². The van der Waals surface area contributed by atoms with Crippen LogP contribution in [0.2, 0.25) is 0 Å². The van der Waals surface area contributed by atoms with Crippen LogP contribution in [-0.2, 0) is 4.74 Å². The van der Waals surface area contributed by atoms with Gasteiger partial charge >= 0.3 is 6.09 Å². The summed E-state index contributed by atoms with van der Waals surface area (Å²) in [6.07, 6.45) is 1.55. The Morgan fingerprint density at radius 1 is 1.03 bits per heavy atom. The first-order valence-corrected chi connectivity index (χ1v) is 10.5. The highest BCUT2D eigenvalue weighted by Crippen LogP contribution is 2.44. The number of piperazine rings is 1. The van der Waals surface area contributed by atoms with Crippen LogP contribution in [0.15, 0.2) is 66.9 Å². The predicted molar refractivity (Wildman–Crippen MR) is 116 cm³/mol. The molecule has 1 fully saturated rings. The van der Waals surface area contributed by atoms with Crippen molar-refractivity contribution in [3.63, 3.8) is 0 Å². The number of aryl methyl sites for hydroxylation is 1. The largest absolute Gasteiger partial charge is 0.448 e. The SMILES string of the molecule is Cc1ncccc1C1CN(C(=O)OCC2c3ccccc3-c3ccccc32)CCN1. The molecular formula is C25H25N3O2. The van der Waals surface area contributed by atoms with Crippen LogP contribution < -0.4 is 5.32 Å². The average molecular weight is 399 g/mol. The van der Waals surface area contributed by atoms with E-state index < -0.39 is 0 Å². The van der Waals surface area contributed by atoms with Gasteiger partial charge in [-0.05, 0) is 40.8 Å². The Hall–Kier alpha value is -3.18. The number of nitrogens with one attached hydrogen (secondary N) is 1. The van der Waals surface area contributed by atoms with Crippen LogP contribution in [0.25, 0.3) is 11.1 Å². The summed E-state index contributed by atoms with van der Waals surface area (Å²) in [5.41, 5.74) is 7.07. The number of amides is 1. The van der Waals surface area contributed by atoms with E-state index in [1.54, 1.807) is 11.1 Å². The fourth-order valence-corrected chi connectivity index (χ4v) is 4.67. The van der Waals surface area contributed by atoms with E-state index in [9.17, 15) is 4.79 Å². The Kier molecular flexibility index (Phi) is 4.97.